The summed E-state index contributed by atoms with van der Waals surface area (Å²) in [5.41, 5.74) is 3.42. The average molecular weight is 352 g/mol. The second-order valence-electron chi connectivity index (χ2n) is 7.19. The maximum absolute atomic E-state index is 5.82. The molecule has 140 valence electrons. The number of rotatable bonds is 11. The normalized spacial score (nSPS) is 11.4. The van der Waals surface area contributed by atoms with E-state index in [0.717, 1.165) is 30.0 Å². The summed E-state index contributed by atoms with van der Waals surface area (Å²) in [6.07, 6.45) is 9.64. The molecule has 0 heterocycles. The van der Waals surface area contributed by atoms with Crippen molar-refractivity contribution in [1.82, 2.24) is 0 Å². The van der Waals surface area contributed by atoms with Crippen molar-refractivity contribution in [2.75, 3.05) is 6.61 Å². The Balaban J connectivity index is 1.74. The zero-order chi connectivity index (χ0) is 18.6. The lowest BCUT2D eigenvalue weighted by Crippen LogP contribution is -1.97. The number of aliphatic imine (C=N–C) groups is 1. The van der Waals surface area contributed by atoms with E-state index < -0.39 is 0 Å². The lowest BCUT2D eigenvalue weighted by atomic mass is 10.0. The molecule has 26 heavy (non-hydrogen) atoms. The van der Waals surface area contributed by atoms with Gasteiger partial charge in [0.05, 0.1) is 12.3 Å². The molecule has 0 bridgehead atoms. The Morgan fingerprint density at radius 1 is 0.846 bits per heavy atom. The minimum absolute atomic E-state index is 0.553. The van der Waals surface area contributed by atoms with E-state index in [2.05, 4.69) is 62.2 Å². The number of nitrogens with zero attached hydrogens (tertiary/aromatic N) is 1. The van der Waals surface area contributed by atoms with Crippen molar-refractivity contribution in [1.29, 1.82) is 0 Å². The van der Waals surface area contributed by atoms with Crippen LogP contribution in [-0.4, -0.2) is 12.8 Å². The van der Waals surface area contributed by atoms with E-state index in [0.29, 0.717) is 5.92 Å². The predicted molar refractivity (Wildman–Crippen MR) is 113 cm³/mol. The highest BCUT2D eigenvalue weighted by Crippen LogP contribution is 2.19. The number of ether oxygens (including phenoxy) is 1. The molecule has 2 rings (SSSR count). The van der Waals surface area contributed by atoms with Gasteiger partial charge >= 0.3 is 0 Å². The third-order valence-electron chi connectivity index (χ3n) is 4.57. The molecule has 2 aromatic rings. The first-order valence-electron chi connectivity index (χ1n) is 10.1. The molecule has 2 aromatic carbocycles. The highest BCUT2D eigenvalue weighted by atomic mass is 16.5. The Bertz CT molecular complexity index is 641. The molecule has 0 fully saturated rings. The van der Waals surface area contributed by atoms with Crippen LogP contribution in [-0.2, 0) is 0 Å². The highest BCUT2D eigenvalue weighted by Gasteiger charge is 1.98. The van der Waals surface area contributed by atoms with E-state index in [1.807, 2.05) is 18.3 Å². The Morgan fingerprint density at radius 2 is 1.50 bits per heavy atom. The Kier molecular flexibility index (Phi) is 8.95. The average Bonchev–Trinajstić information content (AvgIpc) is 2.67. The van der Waals surface area contributed by atoms with Gasteiger partial charge in [-0.1, -0.05) is 65.0 Å². The number of hydrogen-bond acceptors (Lipinski definition) is 2. The van der Waals surface area contributed by atoms with Crippen molar-refractivity contribution in [2.45, 2.75) is 65.2 Å². The van der Waals surface area contributed by atoms with Crippen LogP contribution in [0.3, 0.4) is 0 Å². The lowest BCUT2D eigenvalue weighted by molar-refractivity contribution is 0.304. The fourth-order valence-corrected chi connectivity index (χ4v) is 2.82. The van der Waals surface area contributed by atoms with Crippen LogP contribution in [0.4, 0.5) is 5.69 Å². The van der Waals surface area contributed by atoms with Crippen LogP contribution in [0.1, 0.15) is 76.3 Å². The minimum Gasteiger partial charge on any atom is -0.494 e. The van der Waals surface area contributed by atoms with Gasteiger partial charge in [-0.05, 0) is 59.9 Å². The predicted octanol–water partition coefficient (Wildman–Crippen LogP) is 7.30. The smallest absolute Gasteiger partial charge is 0.119 e. The number of unbranched alkanes of at least 4 members (excludes halogenated alkanes) is 5. The van der Waals surface area contributed by atoms with Crippen molar-refractivity contribution in [3.8, 4) is 5.75 Å². The van der Waals surface area contributed by atoms with Crippen molar-refractivity contribution < 1.29 is 4.74 Å². The van der Waals surface area contributed by atoms with Crippen molar-refractivity contribution in [2.24, 2.45) is 4.99 Å². The van der Waals surface area contributed by atoms with Crippen molar-refractivity contribution in [3.63, 3.8) is 0 Å². The molecule has 0 atom stereocenters. The first-order chi connectivity index (χ1) is 12.7. The molecule has 0 saturated heterocycles. The van der Waals surface area contributed by atoms with E-state index in [1.165, 1.54) is 37.7 Å². The standard InChI is InChI=1S/C24H33NO/c1-4-5-6-7-8-9-18-26-24-16-10-21(11-17-24)19-25-23-14-12-22(13-15-23)20(2)3/h10-17,19-20H,4-9,18H2,1-3H3. The zero-order valence-corrected chi connectivity index (χ0v) is 16.6. The van der Waals surface area contributed by atoms with Crippen LogP contribution in [0.2, 0.25) is 0 Å². The maximum Gasteiger partial charge on any atom is 0.119 e. The van der Waals surface area contributed by atoms with Crippen molar-refractivity contribution in [3.05, 3.63) is 59.7 Å². The summed E-state index contributed by atoms with van der Waals surface area (Å²) in [4.78, 5) is 4.55. The minimum atomic E-state index is 0.553. The first kappa shape index (κ1) is 20.2. The summed E-state index contributed by atoms with van der Waals surface area (Å²) < 4.78 is 5.82. The lowest BCUT2D eigenvalue weighted by Gasteiger charge is -2.06. The second-order valence-corrected chi connectivity index (χ2v) is 7.19. The number of benzene rings is 2. The van der Waals surface area contributed by atoms with E-state index in [1.54, 1.807) is 0 Å². The van der Waals surface area contributed by atoms with E-state index in [4.69, 9.17) is 4.74 Å². The summed E-state index contributed by atoms with van der Waals surface area (Å²) in [6.45, 7) is 7.46. The fourth-order valence-electron chi connectivity index (χ4n) is 2.82. The van der Waals surface area contributed by atoms with Gasteiger partial charge in [-0.15, -0.1) is 0 Å². The van der Waals surface area contributed by atoms with E-state index in [-0.39, 0.29) is 0 Å². The SMILES string of the molecule is CCCCCCCCOc1ccc(C=Nc2ccc(C(C)C)cc2)cc1. The highest BCUT2D eigenvalue weighted by molar-refractivity contribution is 5.82. The quantitative estimate of drug-likeness (QED) is 0.307. The van der Waals surface area contributed by atoms with Gasteiger partial charge in [0.15, 0.2) is 0 Å². The summed E-state index contributed by atoms with van der Waals surface area (Å²) >= 11 is 0. The fraction of sp³-hybridized carbons (Fsp3) is 0.458. The third-order valence-corrected chi connectivity index (χ3v) is 4.57. The Labute approximate surface area is 159 Å². The maximum atomic E-state index is 5.82. The summed E-state index contributed by atoms with van der Waals surface area (Å²) in [7, 11) is 0. The van der Waals surface area contributed by atoms with Crippen molar-refractivity contribution >= 4 is 11.9 Å². The van der Waals surface area contributed by atoms with Gasteiger partial charge in [0, 0.05) is 6.21 Å². The van der Waals surface area contributed by atoms with Gasteiger partial charge in [0.1, 0.15) is 5.75 Å². The molecule has 0 aromatic heterocycles. The van der Waals surface area contributed by atoms with Crippen LogP contribution in [0.15, 0.2) is 53.5 Å². The van der Waals surface area contributed by atoms with E-state index in [9.17, 15) is 0 Å². The first-order valence-corrected chi connectivity index (χ1v) is 10.1. The van der Waals surface area contributed by atoms with Gasteiger partial charge in [-0.25, -0.2) is 0 Å². The molecule has 0 saturated carbocycles. The van der Waals surface area contributed by atoms with Crippen LogP contribution < -0.4 is 4.74 Å². The van der Waals surface area contributed by atoms with Crippen LogP contribution in [0, 0.1) is 0 Å². The molecule has 0 aliphatic rings. The van der Waals surface area contributed by atoms with Gasteiger partial charge in [0.25, 0.3) is 0 Å². The third kappa shape index (κ3) is 7.43. The molecule has 0 aliphatic carbocycles. The molecule has 0 amide bonds. The largest absolute Gasteiger partial charge is 0.494 e. The molecule has 0 spiro atoms. The number of hydrogen-bond donors (Lipinski definition) is 0. The van der Waals surface area contributed by atoms with Gasteiger partial charge in [-0.2, -0.15) is 0 Å². The molecular formula is C24H33NO. The van der Waals surface area contributed by atoms with Gasteiger partial charge in [0.2, 0.25) is 0 Å². The van der Waals surface area contributed by atoms with Crippen LogP contribution in [0.5, 0.6) is 5.75 Å². The summed E-state index contributed by atoms with van der Waals surface area (Å²) in [6, 6.07) is 16.6. The van der Waals surface area contributed by atoms with Crippen LogP contribution >= 0.6 is 0 Å². The topological polar surface area (TPSA) is 21.6 Å². The van der Waals surface area contributed by atoms with Gasteiger partial charge in [-0.3, -0.25) is 4.99 Å². The molecule has 2 nitrogen and oxygen atoms in total. The molecule has 0 radical (unpaired) electrons. The zero-order valence-electron chi connectivity index (χ0n) is 16.6. The second kappa shape index (κ2) is 11.5. The van der Waals surface area contributed by atoms with Gasteiger partial charge < -0.3 is 4.74 Å². The summed E-state index contributed by atoms with van der Waals surface area (Å²) in [5.74, 6) is 1.49. The monoisotopic (exact) mass is 351 g/mol. The molecular weight excluding hydrogens is 318 g/mol. The van der Waals surface area contributed by atoms with Crippen LogP contribution in [0.25, 0.3) is 0 Å². The Morgan fingerprint density at radius 3 is 2.15 bits per heavy atom. The molecule has 0 unspecified atom stereocenters. The Hall–Kier alpha value is -2.09. The summed E-state index contributed by atoms with van der Waals surface area (Å²) in [5, 5.41) is 0. The van der Waals surface area contributed by atoms with E-state index >= 15 is 0 Å². The molecule has 0 aliphatic heterocycles. The molecule has 2 heteroatoms. The molecule has 0 N–H and O–H groups in total.